The zero-order chi connectivity index (χ0) is 24.1. The predicted molar refractivity (Wildman–Crippen MR) is 134 cm³/mol. The molecule has 1 aliphatic heterocycles. The Kier molecular flexibility index (Phi) is 7.67. The van der Waals surface area contributed by atoms with Crippen LogP contribution in [0.3, 0.4) is 0 Å². The molecule has 2 fully saturated rings. The van der Waals surface area contributed by atoms with Crippen molar-refractivity contribution in [2.24, 2.45) is 5.92 Å². The van der Waals surface area contributed by atoms with E-state index < -0.39 is 0 Å². The average molecular weight is 463 g/mol. The van der Waals surface area contributed by atoms with Crippen molar-refractivity contribution in [3.05, 3.63) is 65.5 Å². The molecule has 182 valence electrons. The lowest BCUT2D eigenvalue weighted by Gasteiger charge is -2.40. The Labute approximate surface area is 203 Å². The van der Waals surface area contributed by atoms with Crippen molar-refractivity contribution in [1.29, 1.82) is 0 Å². The predicted octanol–water partition coefficient (Wildman–Crippen LogP) is 4.01. The van der Waals surface area contributed by atoms with Gasteiger partial charge in [0.05, 0.1) is 6.04 Å². The summed E-state index contributed by atoms with van der Waals surface area (Å²) in [5, 5.41) is 3.16. The minimum Gasteiger partial charge on any atom is -0.351 e. The van der Waals surface area contributed by atoms with Gasteiger partial charge in [0.1, 0.15) is 0 Å². The van der Waals surface area contributed by atoms with Gasteiger partial charge in [-0.1, -0.05) is 45.7 Å². The highest BCUT2D eigenvalue weighted by Gasteiger charge is 2.37. The summed E-state index contributed by atoms with van der Waals surface area (Å²) in [5.41, 5.74) is 3.09. The summed E-state index contributed by atoms with van der Waals surface area (Å²) in [7, 11) is 0. The second-order valence-corrected chi connectivity index (χ2v) is 10.7. The standard InChI is InChI=1S/C28H38N4O2/c1-28(2,3)24-10-8-23(9-11-24)27(34)32-18-16-31(17-19-32)25(22-6-4-5-7-22)26(33)30-20-21-12-14-29-15-13-21/h8-15,22,25H,4-7,16-20H2,1-3H3,(H,30,33)/t25-/m1/s1. The van der Waals surface area contributed by atoms with Crippen LogP contribution in [0.25, 0.3) is 0 Å². The van der Waals surface area contributed by atoms with E-state index in [1.807, 2.05) is 29.2 Å². The Morgan fingerprint density at radius 3 is 2.18 bits per heavy atom. The quantitative estimate of drug-likeness (QED) is 0.704. The van der Waals surface area contributed by atoms with Crippen LogP contribution in [0, 0.1) is 5.92 Å². The SMILES string of the molecule is CC(C)(C)c1ccc(C(=O)N2CCN([C@@H](C(=O)NCc3ccncc3)C3CCCC3)CC2)cc1. The number of amides is 2. The third kappa shape index (κ3) is 5.84. The van der Waals surface area contributed by atoms with E-state index >= 15 is 0 Å². The average Bonchev–Trinajstić information content (AvgIpc) is 3.37. The van der Waals surface area contributed by atoms with Gasteiger partial charge in [-0.3, -0.25) is 19.5 Å². The lowest BCUT2D eigenvalue weighted by Crippen LogP contribution is -2.57. The number of carbonyl (C=O) groups excluding carboxylic acids is 2. The number of rotatable bonds is 6. The maximum absolute atomic E-state index is 13.3. The van der Waals surface area contributed by atoms with E-state index in [2.05, 4.69) is 48.1 Å². The minimum absolute atomic E-state index is 0.0699. The molecule has 6 heteroatoms. The summed E-state index contributed by atoms with van der Waals surface area (Å²) in [5.74, 6) is 0.588. The first-order valence-electron chi connectivity index (χ1n) is 12.6. The third-order valence-corrected chi connectivity index (χ3v) is 7.32. The van der Waals surface area contributed by atoms with Crippen LogP contribution in [0.1, 0.15) is 67.9 Å². The normalized spacial score (nSPS) is 18.6. The van der Waals surface area contributed by atoms with Crippen molar-refractivity contribution < 1.29 is 9.59 Å². The Morgan fingerprint density at radius 1 is 0.971 bits per heavy atom. The van der Waals surface area contributed by atoms with E-state index in [0.29, 0.717) is 25.6 Å². The first kappa shape index (κ1) is 24.4. The van der Waals surface area contributed by atoms with Crippen LogP contribution in [0.15, 0.2) is 48.8 Å². The van der Waals surface area contributed by atoms with Crippen LogP contribution in [0.4, 0.5) is 0 Å². The second kappa shape index (κ2) is 10.7. The van der Waals surface area contributed by atoms with Gasteiger partial charge in [0.25, 0.3) is 5.91 Å². The number of piperazine rings is 1. The van der Waals surface area contributed by atoms with Crippen LogP contribution in [0.2, 0.25) is 0 Å². The lowest BCUT2D eigenvalue weighted by atomic mass is 9.86. The molecule has 0 bridgehead atoms. The number of hydrogen-bond donors (Lipinski definition) is 1. The number of aromatic nitrogens is 1. The molecule has 1 saturated carbocycles. The number of nitrogens with zero attached hydrogens (tertiary/aromatic N) is 3. The molecular formula is C28H38N4O2. The summed E-state index contributed by atoms with van der Waals surface area (Å²) in [4.78, 5) is 34.7. The Bertz CT molecular complexity index is 954. The molecule has 1 aromatic carbocycles. The van der Waals surface area contributed by atoms with E-state index in [9.17, 15) is 9.59 Å². The summed E-state index contributed by atoms with van der Waals surface area (Å²) >= 11 is 0. The number of benzene rings is 1. The molecule has 0 spiro atoms. The van der Waals surface area contributed by atoms with E-state index in [1.165, 1.54) is 18.4 Å². The Morgan fingerprint density at radius 2 is 1.59 bits per heavy atom. The molecule has 1 N–H and O–H groups in total. The van der Waals surface area contributed by atoms with Crippen molar-refractivity contribution in [2.75, 3.05) is 26.2 Å². The molecule has 2 amide bonds. The third-order valence-electron chi connectivity index (χ3n) is 7.32. The molecular weight excluding hydrogens is 424 g/mol. The van der Waals surface area contributed by atoms with Crippen LogP contribution < -0.4 is 5.32 Å². The summed E-state index contributed by atoms with van der Waals surface area (Å²) < 4.78 is 0. The monoisotopic (exact) mass is 462 g/mol. The summed E-state index contributed by atoms with van der Waals surface area (Å²) in [6, 6.07) is 11.8. The highest BCUT2D eigenvalue weighted by Crippen LogP contribution is 2.31. The van der Waals surface area contributed by atoms with E-state index in [0.717, 1.165) is 37.1 Å². The lowest BCUT2D eigenvalue weighted by molar-refractivity contribution is -0.129. The van der Waals surface area contributed by atoms with Gasteiger partial charge in [0, 0.05) is 50.7 Å². The number of nitrogens with one attached hydrogen (secondary N) is 1. The Balaban J connectivity index is 1.37. The maximum Gasteiger partial charge on any atom is 0.253 e. The smallest absolute Gasteiger partial charge is 0.253 e. The van der Waals surface area contributed by atoms with Crippen LogP contribution in [0.5, 0.6) is 0 Å². The van der Waals surface area contributed by atoms with Crippen LogP contribution >= 0.6 is 0 Å². The fourth-order valence-electron chi connectivity index (χ4n) is 5.24. The number of carbonyl (C=O) groups is 2. The number of hydrogen-bond acceptors (Lipinski definition) is 4. The van der Waals surface area contributed by atoms with Gasteiger partial charge in [-0.25, -0.2) is 0 Å². The topological polar surface area (TPSA) is 65.5 Å². The molecule has 34 heavy (non-hydrogen) atoms. The van der Waals surface area contributed by atoms with Crippen molar-refractivity contribution in [3.8, 4) is 0 Å². The molecule has 1 aliphatic carbocycles. The van der Waals surface area contributed by atoms with E-state index in [4.69, 9.17) is 0 Å². The molecule has 2 aromatic rings. The Hall–Kier alpha value is -2.73. The first-order chi connectivity index (χ1) is 16.3. The van der Waals surface area contributed by atoms with Crippen molar-refractivity contribution >= 4 is 11.8 Å². The molecule has 6 nitrogen and oxygen atoms in total. The van der Waals surface area contributed by atoms with Gasteiger partial charge >= 0.3 is 0 Å². The molecule has 1 saturated heterocycles. The van der Waals surface area contributed by atoms with Crippen molar-refractivity contribution in [2.45, 2.75) is 64.5 Å². The zero-order valence-corrected chi connectivity index (χ0v) is 20.8. The van der Waals surface area contributed by atoms with Gasteiger partial charge in [0.15, 0.2) is 0 Å². The number of pyridine rings is 1. The second-order valence-electron chi connectivity index (χ2n) is 10.7. The van der Waals surface area contributed by atoms with Gasteiger partial charge in [-0.2, -0.15) is 0 Å². The van der Waals surface area contributed by atoms with Gasteiger partial charge in [-0.15, -0.1) is 0 Å². The van der Waals surface area contributed by atoms with Gasteiger partial charge in [0.2, 0.25) is 5.91 Å². The molecule has 2 aliphatic rings. The largest absolute Gasteiger partial charge is 0.351 e. The van der Waals surface area contributed by atoms with E-state index in [1.54, 1.807) is 12.4 Å². The highest BCUT2D eigenvalue weighted by molar-refractivity contribution is 5.94. The fourth-order valence-corrected chi connectivity index (χ4v) is 5.24. The molecule has 4 rings (SSSR count). The van der Waals surface area contributed by atoms with Crippen LogP contribution in [-0.4, -0.2) is 58.8 Å². The highest BCUT2D eigenvalue weighted by atomic mass is 16.2. The first-order valence-corrected chi connectivity index (χ1v) is 12.6. The molecule has 1 atom stereocenters. The van der Waals surface area contributed by atoms with E-state index in [-0.39, 0.29) is 23.3 Å². The fraction of sp³-hybridized carbons (Fsp3) is 0.536. The summed E-state index contributed by atoms with van der Waals surface area (Å²) in [6.07, 6.45) is 8.11. The van der Waals surface area contributed by atoms with Crippen molar-refractivity contribution in [3.63, 3.8) is 0 Å². The zero-order valence-electron chi connectivity index (χ0n) is 20.8. The maximum atomic E-state index is 13.3. The van der Waals surface area contributed by atoms with Gasteiger partial charge < -0.3 is 10.2 Å². The van der Waals surface area contributed by atoms with Crippen LogP contribution in [-0.2, 0) is 16.8 Å². The van der Waals surface area contributed by atoms with Gasteiger partial charge in [-0.05, 0) is 59.6 Å². The van der Waals surface area contributed by atoms with Crippen molar-refractivity contribution in [1.82, 2.24) is 20.1 Å². The molecule has 0 unspecified atom stereocenters. The minimum atomic E-state index is -0.118. The summed E-state index contributed by atoms with van der Waals surface area (Å²) in [6.45, 7) is 9.82. The molecule has 2 heterocycles. The molecule has 0 radical (unpaired) electrons. The molecule has 1 aromatic heterocycles.